The summed E-state index contributed by atoms with van der Waals surface area (Å²) in [6.07, 6.45) is -4.48. The molecule has 1 N–H and O–H groups in total. The van der Waals surface area contributed by atoms with E-state index in [2.05, 4.69) is 0 Å². The maximum atomic E-state index is 13.0. The predicted molar refractivity (Wildman–Crippen MR) is 57.5 cm³/mol. The molecule has 0 radical (unpaired) electrons. The van der Waals surface area contributed by atoms with E-state index in [4.69, 9.17) is 0 Å². The largest absolute Gasteiger partial charge is 0.416 e. The first-order chi connectivity index (χ1) is 8.36. The lowest BCUT2D eigenvalue weighted by Crippen LogP contribution is -2.07. The van der Waals surface area contributed by atoms with E-state index in [9.17, 15) is 22.4 Å². The van der Waals surface area contributed by atoms with Gasteiger partial charge in [-0.3, -0.25) is 9.78 Å². The summed E-state index contributed by atoms with van der Waals surface area (Å²) in [6.45, 7) is 0. The van der Waals surface area contributed by atoms with E-state index in [1.165, 1.54) is 12.1 Å². The van der Waals surface area contributed by atoms with E-state index in [1.54, 1.807) is 0 Å². The van der Waals surface area contributed by atoms with E-state index in [0.29, 0.717) is 0 Å². The maximum Gasteiger partial charge on any atom is 0.416 e. The fraction of sp³-hybridized carbons (Fsp3) is 0.0833. The predicted octanol–water partition coefficient (Wildman–Crippen LogP) is 3.20. The van der Waals surface area contributed by atoms with E-state index < -0.39 is 23.2 Å². The van der Waals surface area contributed by atoms with Gasteiger partial charge >= 0.3 is 6.18 Å². The average Bonchev–Trinajstić information content (AvgIpc) is 2.27. The second-order valence-corrected chi connectivity index (χ2v) is 3.66. The van der Waals surface area contributed by atoms with E-state index in [0.717, 1.165) is 24.3 Å². The Morgan fingerprint density at radius 3 is 2.33 bits per heavy atom. The molecular weight excluding hydrogens is 250 g/mol. The zero-order valence-corrected chi connectivity index (χ0v) is 8.88. The van der Waals surface area contributed by atoms with E-state index in [1.807, 2.05) is 4.98 Å². The van der Waals surface area contributed by atoms with Crippen LogP contribution in [0.5, 0.6) is 0 Å². The zero-order chi connectivity index (χ0) is 13.3. The smallest absolute Gasteiger partial charge is 0.299 e. The van der Waals surface area contributed by atoms with Crippen molar-refractivity contribution in [3.63, 3.8) is 0 Å². The Bertz CT molecular complexity index is 630. The molecule has 0 bridgehead atoms. The van der Waals surface area contributed by atoms with Crippen LogP contribution in [0.2, 0.25) is 0 Å². The monoisotopic (exact) mass is 257 g/mol. The molecule has 0 amide bonds. The summed E-state index contributed by atoms with van der Waals surface area (Å²) >= 11 is 0. The molecule has 0 aliphatic rings. The molecule has 0 unspecified atom stereocenters. The van der Waals surface area contributed by atoms with Gasteiger partial charge in [0.15, 0.2) is 5.95 Å². The third-order valence-corrected chi connectivity index (χ3v) is 2.33. The minimum atomic E-state index is -4.48. The van der Waals surface area contributed by atoms with Gasteiger partial charge < -0.3 is 0 Å². The standard InChI is InChI=1S/C12H7F4NO/c13-10-5-8(6-11(18)17-10)7-2-1-3-9(4-7)12(14,15)16/h1-6H,(H,17,18). The SMILES string of the molecule is O=c1cc(-c2cccc(C(F)(F)F)c2)cc(F)[nH]1. The average molecular weight is 257 g/mol. The van der Waals surface area contributed by atoms with Gasteiger partial charge in [0.05, 0.1) is 5.56 Å². The van der Waals surface area contributed by atoms with Crippen molar-refractivity contribution < 1.29 is 17.6 Å². The minimum absolute atomic E-state index is 0.0994. The summed E-state index contributed by atoms with van der Waals surface area (Å²) < 4.78 is 50.5. The molecule has 0 saturated heterocycles. The highest BCUT2D eigenvalue weighted by Gasteiger charge is 2.30. The number of pyridine rings is 1. The van der Waals surface area contributed by atoms with Gasteiger partial charge in [0, 0.05) is 6.07 Å². The molecule has 2 rings (SSSR count). The van der Waals surface area contributed by atoms with Crippen LogP contribution in [0, 0.1) is 5.95 Å². The highest BCUT2D eigenvalue weighted by atomic mass is 19.4. The van der Waals surface area contributed by atoms with Gasteiger partial charge in [-0.15, -0.1) is 0 Å². The molecule has 0 aliphatic heterocycles. The van der Waals surface area contributed by atoms with Crippen LogP contribution in [-0.2, 0) is 6.18 Å². The van der Waals surface area contributed by atoms with Crippen LogP contribution in [0.4, 0.5) is 17.6 Å². The number of rotatable bonds is 1. The summed E-state index contributed by atoms with van der Waals surface area (Å²) in [4.78, 5) is 12.9. The summed E-state index contributed by atoms with van der Waals surface area (Å²) in [5.41, 5.74) is -1.32. The number of alkyl halides is 3. The molecule has 0 spiro atoms. The van der Waals surface area contributed by atoms with Gasteiger partial charge in [0.2, 0.25) is 0 Å². The van der Waals surface area contributed by atoms with Crippen LogP contribution < -0.4 is 5.56 Å². The van der Waals surface area contributed by atoms with Crippen LogP contribution in [0.1, 0.15) is 5.56 Å². The molecule has 0 fully saturated rings. The van der Waals surface area contributed by atoms with Crippen LogP contribution in [0.25, 0.3) is 11.1 Å². The third-order valence-electron chi connectivity index (χ3n) is 2.33. The topological polar surface area (TPSA) is 32.9 Å². The van der Waals surface area contributed by atoms with Crippen molar-refractivity contribution in [3.8, 4) is 11.1 Å². The van der Waals surface area contributed by atoms with Crippen molar-refractivity contribution in [2.45, 2.75) is 6.18 Å². The molecular formula is C12H7F4NO. The summed E-state index contributed by atoms with van der Waals surface area (Å²) in [5, 5.41) is 0. The Morgan fingerprint density at radius 1 is 1.00 bits per heavy atom. The van der Waals surface area contributed by atoms with Gasteiger partial charge in [-0.25, -0.2) is 0 Å². The Kier molecular flexibility index (Phi) is 2.94. The fourth-order valence-corrected chi connectivity index (χ4v) is 1.55. The minimum Gasteiger partial charge on any atom is -0.299 e. The van der Waals surface area contributed by atoms with Crippen molar-refractivity contribution in [3.05, 3.63) is 58.3 Å². The van der Waals surface area contributed by atoms with Gasteiger partial charge in [0.1, 0.15) is 0 Å². The quantitative estimate of drug-likeness (QED) is 0.617. The molecule has 94 valence electrons. The second kappa shape index (κ2) is 4.29. The van der Waals surface area contributed by atoms with Crippen LogP contribution in [-0.4, -0.2) is 4.98 Å². The molecule has 6 heteroatoms. The molecule has 1 aromatic heterocycles. The van der Waals surface area contributed by atoms with Crippen molar-refractivity contribution in [1.82, 2.24) is 4.98 Å². The number of benzene rings is 1. The number of halogens is 4. The first-order valence-electron chi connectivity index (χ1n) is 4.94. The van der Waals surface area contributed by atoms with E-state index in [-0.39, 0.29) is 11.1 Å². The van der Waals surface area contributed by atoms with Gasteiger partial charge in [-0.2, -0.15) is 17.6 Å². The highest BCUT2D eigenvalue weighted by molar-refractivity contribution is 5.63. The number of hydrogen-bond acceptors (Lipinski definition) is 1. The highest BCUT2D eigenvalue weighted by Crippen LogP contribution is 2.31. The number of nitrogens with one attached hydrogen (secondary N) is 1. The normalized spacial score (nSPS) is 11.6. The molecule has 0 saturated carbocycles. The molecule has 2 nitrogen and oxygen atoms in total. The number of H-pyrrole nitrogens is 1. The number of hydrogen-bond donors (Lipinski definition) is 1. The Hall–Kier alpha value is -2.11. The van der Waals surface area contributed by atoms with Crippen LogP contribution in [0.15, 0.2) is 41.2 Å². The molecule has 2 aromatic rings. The molecule has 18 heavy (non-hydrogen) atoms. The lowest BCUT2D eigenvalue weighted by Gasteiger charge is -2.08. The van der Waals surface area contributed by atoms with Gasteiger partial charge in [-0.1, -0.05) is 12.1 Å². The maximum absolute atomic E-state index is 13.0. The van der Waals surface area contributed by atoms with Crippen molar-refractivity contribution in [2.75, 3.05) is 0 Å². The van der Waals surface area contributed by atoms with Crippen molar-refractivity contribution in [1.29, 1.82) is 0 Å². The van der Waals surface area contributed by atoms with Gasteiger partial charge in [0.25, 0.3) is 5.56 Å². The number of aromatic nitrogens is 1. The molecule has 0 aliphatic carbocycles. The summed E-state index contributed by atoms with van der Waals surface area (Å²) in [7, 11) is 0. The molecule has 1 heterocycles. The lowest BCUT2D eigenvalue weighted by molar-refractivity contribution is -0.137. The van der Waals surface area contributed by atoms with Gasteiger partial charge in [-0.05, 0) is 29.3 Å². The second-order valence-electron chi connectivity index (χ2n) is 3.66. The van der Waals surface area contributed by atoms with Crippen molar-refractivity contribution in [2.24, 2.45) is 0 Å². The zero-order valence-electron chi connectivity index (χ0n) is 8.88. The molecule has 0 atom stereocenters. The summed E-state index contributed by atoms with van der Waals surface area (Å²) in [5.74, 6) is -0.894. The summed E-state index contributed by atoms with van der Waals surface area (Å²) in [6, 6.07) is 6.37. The van der Waals surface area contributed by atoms with E-state index >= 15 is 0 Å². The van der Waals surface area contributed by atoms with Crippen molar-refractivity contribution >= 4 is 0 Å². The Balaban J connectivity index is 2.54. The Labute approximate surface area is 98.9 Å². The Morgan fingerprint density at radius 2 is 1.72 bits per heavy atom. The number of aromatic amines is 1. The first-order valence-corrected chi connectivity index (χ1v) is 4.94. The third kappa shape index (κ3) is 2.58. The molecule has 1 aromatic carbocycles. The first kappa shape index (κ1) is 12.3. The fourth-order valence-electron chi connectivity index (χ4n) is 1.55. The van der Waals surface area contributed by atoms with Crippen LogP contribution >= 0.6 is 0 Å². The van der Waals surface area contributed by atoms with Crippen LogP contribution in [0.3, 0.4) is 0 Å². The lowest BCUT2D eigenvalue weighted by atomic mass is 10.0.